The lowest BCUT2D eigenvalue weighted by Crippen LogP contribution is -2.39. The van der Waals surface area contributed by atoms with Gasteiger partial charge in [0.15, 0.2) is 5.78 Å². The van der Waals surface area contributed by atoms with Gasteiger partial charge in [-0.25, -0.2) is 0 Å². The van der Waals surface area contributed by atoms with Crippen molar-refractivity contribution in [1.29, 1.82) is 0 Å². The highest BCUT2D eigenvalue weighted by molar-refractivity contribution is 6.09. The molecule has 7 heteroatoms. The minimum atomic E-state index is -0.918. The van der Waals surface area contributed by atoms with Crippen molar-refractivity contribution in [3.8, 4) is 0 Å². The third-order valence-corrected chi connectivity index (χ3v) is 6.25. The Hall–Kier alpha value is -3.61. The SMILES string of the molecule is CC1=NC2=C(C(=O)CC(C)(C)C2)[C@H](c2ccccc2[N+](=O)[O-])C1C(=O)OCc1ccccc1. The van der Waals surface area contributed by atoms with Gasteiger partial charge in [-0.2, -0.15) is 0 Å². The molecule has 2 aromatic carbocycles. The Morgan fingerprint density at radius 2 is 1.79 bits per heavy atom. The van der Waals surface area contributed by atoms with Crippen LogP contribution in [0.1, 0.15) is 50.7 Å². The molecule has 4 rings (SSSR count). The Morgan fingerprint density at radius 3 is 2.48 bits per heavy atom. The monoisotopic (exact) mass is 446 g/mol. The number of Topliss-reactive ketones (excluding diaryl/α,β-unsaturated/α-hetero) is 1. The van der Waals surface area contributed by atoms with Crippen LogP contribution in [0.2, 0.25) is 0 Å². The Bertz CT molecular complexity index is 1180. The summed E-state index contributed by atoms with van der Waals surface area (Å²) in [4.78, 5) is 42.7. The number of hydrogen-bond donors (Lipinski definition) is 0. The average molecular weight is 447 g/mol. The number of esters is 1. The Kier molecular flexibility index (Phi) is 5.97. The summed E-state index contributed by atoms with van der Waals surface area (Å²) in [5.41, 5.74) is 2.28. The van der Waals surface area contributed by atoms with E-state index >= 15 is 0 Å². The van der Waals surface area contributed by atoms with Crippen molar-refractivity contribution in [2.24, 2.45) is 16.3 Å². The number of nitro benzene ring substituents is 1. The van der Waals surface area contributed by atoms with Crippen molar-refractivity contribution in [2.75, 3.05) is 0 Å². The first kappa shape index (κ1) is 22.6. The number of allylic oxidation sites excluding steroid dienone is 2. The van der Waals surface area contributed by atoms with Crippen LogP contribution < -0.4 is 0 Å². The van der Waals surface area contributed by atoms with Gasteiger partial charge in [0.25, 0.3) is 5.69 Å². The number of carbonyl (C=O) groups excluding carboxylic acids is 2. The van der Waals surface area contributed by atoms with Crippen LogP contribution in [0.25, 0.3) is 0 Å². The van der Waals surface area contributed by atoms with Crippen molar-refractivity contribution in [3.05, 3.63) is 87.1 Å². The maximum absolute atomic E-state index is 13.3. The molecular formula is C26H26N2O5. The van der Waals surface area contributed by atoms with E-state index in [2.05, 4.69) is 4.99 Å². The van der Waals surface area contributed by atoms with Gasteiger partial charge >= 0.3 is 5.97 Å². The van der Waals surface area contributed by atoms with Gasteiger partial charge in [0.05, 0.1) is 4.92 Å². The third kappa shape index (κ3) is 4.49. The van der Waals surface area contributed by atoms with Crippen molar-refractivity contribution >= 4 is 23.2 Å². The van der Waals surface area contributed by atoms with Crippen molar-refractivity contribution in [2.45, 2.75) is 46.1 Å². The summed E-state index contributed by atoms with van der Waals surface area (Å²) in [5, 5.41) is 11.8. The maximum Gasteiger partial charge on any atom is 0.315 e. The second-order valence-corrected chi connectivity index (χ2v) is 9.42. The number of nitro groups is 1. The van der Waals surface area contributed by atoms with E-state index in [1.165, 1.54) is 6.07 Å². The zero-order chi connectivity index (χ0) is 23.8. The molecule has 1 aliphatic carbocycles. The number of ketones is 1. The van der Waals surface area contributed by atoms with Gasteiger partial charge in [0.1, 0.15) is 12.5 Å². The van der Waals surface area contributed by atoms with Gasteiger partial charge in [0.2, 0.25) is 0 Å². The van der Waals surface area contributed by atoms with E-state index in [0.29, 0.717) is 35.4 Å². The molecule has 1 aliphatic heterocycles. The molecule has 170 valence electrons. The molecule has 0 N–H and O–H groups in total. The summed E-state index contributed by atoms with van der Waals surface area (Å²) in [6.45, 7) is 5.80. The van der Waals surface area contributed by atoms with E-state index in [1.54, 1.807) is 25.1 Å². The van der Waals surface area contributed by atoms with E-state index in [-0.39, 0.29) is 23.5 Å². The van der Waals surface area contributed by atoms with Crippen molar-refractivity contribution in [1.82, 2.24) is 0 Å². The Morgan fingerprint density at radius 1 is 1.12 bits per heavy atom. The minimum Gasteiger partial charge on any atom is -0.460 e. The third-order valence-electron chi connectivity index (χ3n) is 6.25. The molecule has 1 heterocycles. The van der Waals surface area contributed by atoms with E-state index < -0.39 is 22.7 Å². The van der Waals surface area contributed by atoms with E-state index in [4.69, 9.17) is 4.74 Å². The highest BCUT2D eigenvalue weighted by atomic mass is 16.6. The molecule has 7 nitrogen and oxygen atoms in total. The zero-order valence-electron chi connectivity index (χ0n) is 18.9. The maximum atomic E-state index is 13.3. The number of carbonyl (C=O) groups is 2. The van der Waals surface area contributed by atoms with Crippen LogP contribution >= 0.6 is 0 Å². The summed E-state index contributed by atoms with van der Waals surface area (Å²) < 4.78 is 5.62. The topological polar surface area (TPSA) is 98.9 Å². The quantitative estimate of drug-likeness (QED) is 0.359. The van der Waals surface area contributed by atoms with Gasteiger partial charge in [-0.15, -0.1) is 0 Å². The molecule has 1 unspecified atom stereocenters. The molecule has 0 fully saturated rings. The van der Waals surface area contributed by atoms with Gasteiger partial charge in [-0.1, -0.05) is 62.4 Å². The molecule has 0 saturated carbocycles. The summed E-state index contributed by atoms with van der Waals surface area (Å²) in [6, 6.07) is 15.6. The largest absolute Gasteiger partial charge is 0.460 e. The molecule has 2 atom stereocenters. The van der Waals surface area contributed by atoms with E-state index in [0.717, 1.165) is 5.56 Å². The number of nitrogens with zero attached hydrogens (tertiary/aromatic N) is 2. The summed E-state index contributed by atoms with van der Waals surface area (Å²) >= 11 is 0. The first-order chi connectivity index (χ1) is 15.7. The predicted molar refractivity (Wildman–Crippen MR) is 124 cm³/mol. The van der Waals surface area contributed by atoms with Crippen molar-refractivity contribution < 1.29 is 19.2 Å². The number of rotatable bonds is 5. The highest BCUT2D eigenvalue weighted by Crippen LogP contribution is 2.49. The lowest BCUT2D eigenvalue weighted by molar-refractivity contribution is -0.385. The summed E-state index contributed by atoms with van der Waals surface area (Å²) in [7, 11) is 0. The molecule has 0 spiro atoms. The zero-order valence-corrected chi connectivity index (χ0v) is 18.9. The minimum absolute atomic E-state index is 0.0694. The van der Waals surface area contributed by atoms with Crippen LogP contribution in [-0.4, -0.2) is 22.4 Å². The van der Waals surface area contributed by atoms with E-state index in [9.17, 15) is 19.7 Å². The molecule has 0 radical (unpaired) electrons. The van der Waals surface area contributed by atoms with Gasteiger partial charge in [0, 0.05) is 41.0 Å². The molecule has 0 bridgehead atoms. The Labute approximate surface area is 192 Å². The van der Waals surface area contributed by atoms with Crippen molar-refractivity contribution in [3.63, 3.8) is 0 Å². The first-order valence-electron chi connectivity index (χ1n) is 10.9. The first-order valence-corrected chi connectivity index (χ1v) is 10.9. The van der Waals surface area contributed by atoms with Crippen LogP contribution in [0.15, 0.2) is 70.9 Å². The summed E-state index contributed by atoms with van der Waals surface area (Å²) in [6.07, 6.45) is 0.859. The number of benzene rings is 2. The second kappa shape index (κ2) is 8.73. The fraction of sp³-hybridized carbons (Fsp3) is 0.346. The Balaban J connectivity index is 1.80. The lowest BCUT2D eigenvalue weighted by Gasteiger charge is -2.38. The van der Waals surface area contributed by atoms with Crippen LogP contribution in [0.3, 0.4) is 0 Å². The van der Waals surface area contributed by atoms with Crippen LogP contribution in [-0.2, 0) is 20.9 Å². The van der Waals surface area contributed by atoms with Gasteiger partial charge in [-0.3, -0.25) is 24.7 Å². The number of hydrogen-bond acceptors (Lipinski definition) is 6. The average Bonchev–Trinajstić information content (AvgIpc) is 2.76. The predicted octanol–water partition coefficient (Wildman–Crippen LogP) is 5.16. The van der Waals surface area contributed by atoms with Gasteiger partial charge < -0.3 is 4.74 Å². The van der Waals surface area contributed by atoms with E-state index in [1.807, 2.05) is 44.2 Å². The molecule has 2 aliphatic rings. The number of para-hydroxylation sites is 1. The summed E-state index contributed by atoms with van der Waals surface area (Å²) in [5.74, 6) is -2.40. The van der Waals surface area contributed by atoms with Crippen LogP contribution in [0.5, 0.6) is 0 Å². The molecule has 0 saturated heterocycles. The molecule has 0 aromatic heterocycles. The molecular weight excluding hydrogens is 420 g/mol. The smallest absolute Gasteiger partial charge is 0.315 e. The number of aliphatic imine (C=N–C) groups is 1. The van der Waals surface area contributed by atoms with Gasteiger partial charge in [-0.05, 0) is 24.3 Å². The molecule has 33 heavy (non-hydrogen) atoms. The lowest BCUT2D eigenvalue weighted by atomic mass is 9.66. The fourth-order valence-electron chi connectivity index (χ4n) is 4.82. The molecule has 2 aromatic rings. The van der Waals surface area contributed by atoms with Crippen LogP contribution in [0.4, 0.5) is 5.69 Å². The highest BCUT2D eigenvalue weighted by Gasteiger charge is 2.47. The normalized spacial score (nSPS) is 21.8. The second-order valence-electron chi connectivity index (χ2n) is 9.42. The fourth-order valence-corrected chi connectivity index (χ4v) is 4.82. The molecule has 0 amide bonds. The standard InChI is InChI=1S/C26H26N2O5/c1-16-22(25(30)33-15-17-9-5-4-6-10-17)23(18-11-7-8-12-20(18)28(31)32)24-19(27-16)13-26(2,3)14-21(24)29/h4-12,22-23H,13-15H2,1-3H3/t22?,23-/m1/s1. The number of ether oxygens (including phenoxy) is 1. The van der Waals surface area contributed by atoms with Crippen LogP contribution in [0, 0.1) is 21.4 Å².